The van der Waals surface area contributed by atoms with Crippen LogP contribution in [0.1, 0.15) is 0 Å². The summed E-state index contributed by atoms with van der Waals surface area (Å²) >= 11 is 0. The Kier molecular flexibility index (Phi) is 5.43. The van der Waals surface area contributed by atoms with Crippen LogP contribution in [0.3, 0.4) is 0 Å². The molecule has 0 N–H and O–H groups in total. The number of aromatic nitrogens is 4. The Bertz CT molecular complexity index is 2380. The summed E-state index contributed by atoms with van der Waals surface area (Å²) in [5.41, 5.74) is 7.63. The molecule has 0 unspecified atom stereocenters. The van der Waals surface area contributed by atoms with Crippen LogP contribution in [-0.2, 0) is 0 Å². The zero-order valence-electron chi connectivity index (χ0n) is 23.6. The van der Waals surface area contributed by atoms with E-state index < -0.39 is 0 Å². The first kappa shape index (κ1) is 24.5. The Morgan fingerprint density at radius 2 is 0.955 bits per heavy atom. The highest BCUT2D eigenvalue weighted by atomic mass is 16.3. The Morgan fingerprint density at radius 1 is 0.432 bits per heavy atom. The van der Waals surface area contributed by atoms with Crippen LogP contribution < -0.4 is 0 Å². The summed E-state index contributed by atoms with van der Waals surface area (Å²) in [6.45, 7) is 0. The largest absolute Gasteiger partial charge is 0.455 e. The van der Waals surface area contributed by atoms with Crippen molar-refractivity contribution in [3.63, 3.8) is 0 Å². The second-order valence-electron chi connectivity index (χ2n) is 10.8. The van der Waals surface area contributed by atoms with Crippen molar-refractivity contribution >= 4 is 43.7 Å². The van der Waals surface area contributed by atoms with E-state index in [1.807, 2.05) is 72.8 Å². The van der Waals surface area contributed by atoms with Crippen LogP contribution in [0.2, 0.25) is 0 Å². The molecule has 0 fully saturated rings. The van der Waals surface area contributed by atoms with E-state index in [0.29, 0.717) is 17.5 Å². The molecule has 206 valence electrons. The molecule has 5 heteroatoms. The second kappa shape index (κ2) is 9.75. The van der Waals surface area contributed by atoms with Gasteiger partial charge in [-0.2, -0.15) is 0 Å². The van der Waals surface area contributed by atoms with Crippen LogP contribution in [0.15, 0.2) is 150 Å². The van der Waals surface area contributed by atoms with Gasteiger partial charge in [-0.15, -0.1) is 0 Å². The van der Waals surface area contributed by atoms with Crippen molar-refractivity contribution in [3.05, 3.63) is 146 Å². The van der Waals surface area contributed by atoms with E-state index in [4.69, 9.17) is 19.4 Å². The van der Waals surface area contributed by atoms with Gasteiger partial charge in [-0.1, -0.05) is 115 Å². The zero-order valence-corrected chi connectivity index (χ0v) is 23.6. The minimum Gasteiger partial charge on any atom is -0.455 e. The molecule has 3 aromatic heterocycles. The summed E-state index contributed by atoms with van der Waals surface area (Å²) in [4.78, 5) is 14.8. The van der Waals surface area contributed by atoms with E-state index in [1.165, 1.54) is 10.8 Å². The summed E-state index contributed by atoms with van der Waals surface area (Å²) in [5, 5.41) is 4.51. The maximum atomic E-state index is 6.68. The van der Waals surface area contributed by atoms with Crippen LogP contribution in [0.25, 0.3) is 83.6 Å². The zero-order chi connectivity index (χ0) is 29.0. The fourth-order valence-corrected chi connectivity index (χ4v) is 6.30. The fraction of sp³-hybridized carbons (Fsp3) is 0. The van der Waals surface area contributed by atoms with Crippen LogP contribution in [-0.4, -0.2) is 19.5 Å². The molecule has 44 heavy (non-hydrogen) atoms. The van der Waals surface area contributed by atoms with Crippen molar-refractivity contribution in [1.29, 1.82) is 0 Å². The average Bonchev–Trinajstić information content (AvgIpc) is 3.65. The molecule has 0 saturated heterocycles. The number of hydrogen-bond acceptors (Lipinski definition) is 4. The maximum Gasteiger partial charge on any atom is 0.167 e. The number of hydrogen-bond donors (Lipinski definition) is 0. The van der Waals surface area contributed by atoms with Gasteiger partial charge in [0.25, 0.3) is 0 Å². The molecule has 0 saturated carbocycles. The summed E-state index contributed by atoms with van der Waals surface area (Å²) in [5.74, 6) is 1.81. The predicted octanol–water partition coefficient (Wildman–Crippen LogP) is 9.87. The SMILES string of the molecule is c1ccc(-c2nc(-c3ccccc3)nc(-c3cccc4c3oc3cccc(-n5c6ccccc6c6ccccc65)c34)n2)cc1. The van der Waals surface area contributed by atoms with Crippen LogP contribution in [0.4, 0.5) is 0 Å². The van der Waals surface area contributed by atoms with Crippen molar-refractivity contribution in [2.45, 2.75) is 0 Å². The monoisotopic (exact) mass is 564 g/mol. The maximum absolute atomic E-state index is 6.68. The van der Waals surface area contributed by atoms with Crippen LogP contribution in [0, 0.1) is 0 Å². The molecule has 9 aromatic rings. The third kappa shape index (κ3) is 3.76. The molecule has 0 amide bonds. The van der Waals surface area contributed by atoms with Gasteiger partial charge in [0.1, 0.15) is 11.2 Å². The van der Waals surface area contributed by atoms with E-state index in [-0.39, 0.29) is 0 Å². The first-order valence-corrected chi connectivity index (χ1v) is 14.6. The average molecular weight is 565 g/mol. The molecule has 0 radical (unpaired) electrons. The molecule has 9 rings (SSSR count). The van der Waals surface area contributed by atoms with Crippen LogP contribution in [0.5, 0.6) is 0 Å². The molecule has 0 bridgehead atoms. The number of furan rings is 1. The lowest BCUT2D eigenvalue weighted by atomic mass is 10.1. The van der Waals surface area contributed by atoms with E-state index in [9.17, 15) is 0 Å². The number of fused-ring (bicyclic) bond motifs is 6. The van der Waals surface area contributed by atoms with Gasteiger partial charge >= 0.3 is 0 Å². The number of para-hydroxylation sites is 3. The molecule has 3 heterocycles. The molecule has 0 atom stereocenters. The van der Waals surface area contributed by atoms with E-state index in [2.05, 4.69) is 77.4 Å². The van der Waals surface area contributed by atoms with E-state index in [1.54, 1.807) is 0 Å². The Labute approximate surface area is 252 Å². The fourth-order valence-electron chi connectivity index (χ4n) is 6.30. The third-order valence-corrected chi connectivity index (χ3v) is 8.26. The van der Waals surface area contributed by atoms with Crippen molar-refractivity contribution in [2.24, 2.45) is 0 Å². The van der Waals surface area contributed by atoms with Gasteiger partial charge in [0, 0.05) is 27.3 Å². The van der Waals surface area contributed by atoms with Gasteiger partial charge in [-0.25, -0.2) is 15.0 Å². The Morgan fingerprint density at radius 3 is 1.59 bits per heavy atom. The predicted molar refractivity (Wildman–Crippen MR) is 178 cm³/mol. The molecule has 0 aliphatic carbocycles. The lowest BCUT2D eigenvalue weighted by Gasteiger charge is -2.10. The quantitative estimate of drug-likeness (QED) is 0.213. The minimum absolute atomic E-state index is 0.570. The van der Waals surface area contributed by atoms with Gasteiger partial charge in [-0.3, -0.25) is 0 Å². The third-order valence-electron chi connectivity index (χ3n) is 8.26. The normalized spacial score (nSPS) is 11.6. The lowest BCUT2D eigenvalue weighted by Crippen LogP contribution is -2.00. The standard InChI is InChI=1S/C39H24N4O/c1-3-13-25(14-4-1)37-40-38(26-15-5-2-6-16-26)42-39(41-37)30-20-11-19-29-35-33(23-12-24-34(35)44-36(29)30)43-31-21-9-7-17-27(31)28-18-8-10-22-32(28)43/h1-24H. The smallest absolute Gasteiger partial charge is 0.167 e. The highest BCUT2D eigenvalue weighted by Gasteiger charge is 2.21. The highest BCUT2D eigenvalue weighted by Crippen LogP contribution is 2.41. The number of nitrogens with zero attached hydrogens (tertiary/aromatic N) is 4. The molecular weight excluding hydrogens is 540 g/mol. The molecule has 0 spiro atoms. The van der Waals surface area contributed by atoms with Crippen molar-refractivity contribution in [2.75, 3.05) is 0 Å². The van der Waals surface area contributed by atoms with Crippen molar-refractivity contribution in [1.82, 2.24) is 19.5 Å². The number of benzene rings is 6. The van der Waals surface area contributed by atoms with Gasteiger partial charge in [-0.05, 0) is 30.3 Å². The summed E-state index contributed by atoms with van der Waals surface area (Å²) in [7, 11) is 0. The molecule has 0 aliphatic rings. The summed E-state index contributed by atoms with van der Waals surface area (Å²) in [6, 6.07) is 49.7. The lowest BCUT2D eigenvalue weighted by molar-refractivity contribution is 0.669. The molecule has 5 nitrogen and oxygen atoms in total. The molecule has 6 aromatic carbocycles. The van der Waals surface area contributed by atoms with Gasteiger partial charge < -0.3 is 8.98 Å². The molecular formula is C39H24N4O. The van der Waals surface area contributed by atoms with Crippen molar-refractivity contribution < 1.29 is 4.42 Å². The van der Waals surface area contributed by atoms with E-state index in [0.717, 1.165) is 55.3 Å². The Hall–Kier alpha value is -6.07. The highest BCUT2D eigenvalue weighted by molar-refractivity contribution is 6.16. The summed E-state index contributed by atoms with van der Waals surface area (Å²) < 4.78 is 9.02. The Balaban J connectivity index is 1.32. The second-order valence-corrected chi connectivity index (χ2v) is 10.8. The summed E-state index contributed by atoms with van der Waals surface area (Å²) in [6.07, 6.45) is 0. The van der Waals surface area contributed by atoms with Crippen molar-refractivity contribution in [3.8, 4) is 39.9 Å². The van der Waals surface area contributed by atoms with Gasteiger partial charge in [0.15, 0.2) is 17.5 Å². The van der Waals surface area contributed by atoms with E-state index >= 15 is 0 Å². The van der Waals surface area contributed by atoms with Gasteiger partial charge in [0.05, 0.1) is 27.7 Å². The minimum atomic E-state index is 0.570. The van der Waals surface area contributed by atoms with Gasteiger partial charge in [0.2, 0.25) is 0 Å². The molecule has 0 aliphatic heterocycles. The first-order valence-electron chi connectivity index (χ1n) is 14.6. The first-order chi connectivity index (χ1) is 21.8. The number of rotatable bonds is 4. The van der Waals surface area contributed by atoms with Crippen LogP contribution >= 0.6 is 0 Å². The topological polar surface area (TPSA) is 56.7 Å².